The SMILES string of the molecule is CNCc1ccc([N+](=O)C(=N)c2nc(-c3ccc(C(=O)C(C)C)cc3)cnc2C)cc1. The number of hydrogen-bond acceptors (Lipinski definition) is 6. The summed E-state index contributed by atoms with van der Waals surface area (Å²) in [5.41, 5.74) is 4.04. The van der Waals surface area contributed by atoms with Crippen molar-refractivity contribution in [3.05, 3.63) is 82.1 Å². The number of nitrogens with zero attached hydrogens (tertiary/aromatic N) is 3. The highest BCUT2D eigenvalue weighted by Gasteiger charge is 2.25. The van der Waals surface area contributed by atoms with Gasteiger partial charge in [0.25, 0.3) is 0 Å². The average molecular weight is 417 g/mol. The molecule has 0 radical (unpaired) electrons. The van der Waals surface area contributed by atoms with E-state index in [4.69, 9.17) is 5.41 Å². The molecular weight excluding hydrogens is 390 g/mol. The summed E-state index contributed by atoms with van der Waals surface area (Å²) in [5.74, 6) is -0.279. The van der Waals surface area contributed by atoms with Crippen LogP contribution in [0.3, 0.4) is 0 Å². The van der Waals surface area contributed by atoms with Crippen LogP contribution in [0.2, 0.25) is 0 Å². The van der Waals surface area contributed by atoms with Gasteiger partial charge in [-0.15, -0.1) is 0 Å². The van der Waals surface area contributed by atoms with E-state index in [1.165, 1.54) is 0 Å². The Labute approximate surface area is 181 Å². The van der Waals surface area contributed by atoms with Gasteiger partial charge in [0.1, 0.15) is 0 Å². The fourth-order valence-electron chi connectivity index (χ4n) is 3.13. The number of carbonyl (C=O) groups is 1. The third kappa shape index (κ3) is 4.95. The molecule has 7 heteroatoms. The van der Waals surface area contributed by atoms with Gasteiger partial charge in [0.2, 0.25) is 0 Å². The molecule has 3 aromatic rings. The molecule has 2 aromatic carbocycles. The van der Waals surface area contributed by atoms with Gasteiger partial charge < -0.3 is 5.32 Å². The van der Waals surface area contributed by atoms with E-state index in [1.54, 1.807) is 49.5 Å². The molecule has 0 fully saturated rings. The van der Waals surface area contributed by atoms with Crippen molar-refractivity contribution in [1.82, 2.24) is 15.3 Å². The minimum atomic E-state index is -0.278. The summed E-state index contributed by atoms with van der Waals surface area (Å²) in [6, 6.07) is 14.2. The average Bonchev–Trinajstić information content (AvgIpc) is 2.79. The molecule has 0 atom stereocenters. The first-order valence-corrected chi connectivity index (χ1v) is 10.1. The van der Waals surface area contributed by atoms with Crippen LogP contribution in [0.4, 0.5) is 5.69 Å². The maximum Gasteiger partial charge on any atom is 0.386 e. The molecule has 2 N–H and O–H groups in total. The number of benzene rings is 2. The zero-order chi connectivity index (χ0) is 22.5. The zero-order valence-electron chi connectivity index (χ0n) is 18.1. The predicted octanol–water partition coefficient (Wildman–Crippen LogP) is 4.45. The van der Waals surface area contributed by atoms with Crippen LogP contribution in [0.15, 0.2) is 54.7 Å². The number of ketones is 1. The van der Waals surface area contributed by atoms with Gasteiger partial charge in [0, 0.05) is 28.3 Å². The Hall–Kier alpha value is -3.58. The highest BCUT2D eigenvalue weighted by Crippen LogP contribution is 2.21. The van der Waals surface area contributed by atoms with Gasteiger partial charge in [-0.3, -0.25) is 9.78 Å². The Morgan fingerprint density at radius 2 is 1.74 bits per heavy atom. The van der Waals surface area contributed by atoms with Crippen LogP contribution < -0.4 is 5.32 Å². The molecule has 1 aromatic heterocycles. The number of nitroso groups, excluding NO2 is 1. The second kappa shape index (κ2) is 9.49. The lowest BCUT2D eigenvalue weighted by Crippen LogP contribution is -2.17. The van der Waals surface area contributed by atoms with Gasteiger partial charge >= 0.3 is 5.84 Å². The number of hydrogen-bond donors (Lipinski definition) is 2. The first-order chi connectivity index (χ1) is 14.8. The molecule has 7 nitrogen and oxygen atoms in total. The summed E-state index contributed by atoms with van der Waals surface area (Å²) in [6.07, 6.45) is 1.60. The van der Waals surface area contributed by atoms with E-state index < -0.39 is 0 Å². The molecule has 0 aliphatic heterocycles. The maximum absolute atomic E-state index is 12.8. The van der Waals surface area contributed by atoms with Crippen LogP contribution >= 0.6 is 0 Å². The predicted molar refractivity (Wildman–Crippen MR) is 121 cm³/mol. The lowest BCUT2D eigenvalue weighted by atomic mass is 9.99. The van der Waals surface area contributed by atoms with Crippen molar-refractivity contribution in [2.75, 3.05) is 7.05 Å². The monoisotopic (exact) mass is 416 g/mol. The van der Waals surface area contributed by atoms with Gasteiger partial charge in [0.05, 0.1) is 17.6 Å². The number of nitrogens with one attached hydrogen (secondary N) is 2. The summed E-state index contributed by atoms with van der Waals surface area (Å²) in [5, 5.41) is 11.5. The second-order valence-electron chi connectivity index (χ2n) is 7.63. The van der Waals surface area contributed by atoms with Gasteiger partial charge in [-0.1, -0.05) is 60.6 Å². The molecule has 0 saturated carbocycles. The molecule has 0 aliphatic rings. The molecule has 0 spiro atoms. The Bertz CT molecular complexity index is 1120. The van der Waals surface area contributed by atoms with E-state index in [1.807, 2.05) is 33.0 Å². The topological polar surface area (TPSA) is 98.8 Å². The van der Waals surface area contributed by atoms with Crippen LogP contribution in [0.25, 0.3) is 11.3 Å². The largest absolute Gasteiger partial charge is 0.386 e. The van der Waals surface area contributed by atoms with Crippen molar-refractivity contribution in [2.24, 2.45) is 5.92 Å². The van der Waals surface area contributed by atoms with E-state index in [2.05, 4.69) is 15.3 Å². The zero-order valence-corrected chi connectivity index (χ0v) is 18.1. The minimum absolute atomic E-state index is 0.0757. The van der Waals surface area contributed by atoms with Crippen LogP contribution in [-0.4, -0.2) is 33.4 Å². The minimum Gasteiger partial charge on any atom is -0.316 e. The first-order valence-electron chi connectivity index (χ1n) is 10.1. The highest BCUT2D eigenvalue weighted by molar-refractivity contribution is 5.97. The molecule has 0 amide bonds. The molecule has 158 valence electrons. The number of aryl methyl sites for hydroxylation is 1. The smallest absolute Gasteiger partial charge is 0.316 e. The number of aromatic nitrogens is 2. The Kier molecular flexibility index (Phi) is 6.77. The molecule has 0 saturated heterocycles. The standard InChI is InChI=1S/C24H26N5O2/c1-15(2)23(30)19-9-7-18(8-10-19)21-14-27-16(3)22(28-21)24(25)29(31)20-11-5-17(6-12-20)13-26-4/h5-12,14-15,25-26H,13H2,1-4H3/q+1. The Morgan fingerprint density at radius 1 is 1.10 bits per heavy atom. The lowest BCUT2D eigenvalue weighted by molar-refractivity contribution is -0.332. The van der Waals surface area contributed by atoms with E-state index >= 15 is 0 Å². The molecule has 1 heterocycles. The molecule has 0 aliphatic carbocycles. The third-order valence-corrected chi connectivity index (χ3v) is 4.92. The first kappa shape index (κ1) is 22.1. The van der Waals surface area contributed by atoms with Crippen LogP contribution in [-0.2, 0) is 6.54 Å². The Morgan fingerprint density at radius 3 is 2.32 bits per heavy atom. The van der Waals surface area contributed by atoms with Crippen molar-refractivity contribution >= 4 is 17.3 Å². The maximum atomic E-state index is 12.8. The van der Waals surface area contributed by atoms with E-state index in [9.17, 15) is 9.70 Å². The summed E-state index contributed by atoms with van der Waals surface area (Å²) < 4.78 is 0.550. The van der Waals surface area contributed by atoms with Gasteiger partial charge in [-0.2, -0.15) is 0 Å². The van der Waals surface area contributed by atoms with Crippen molar-refractivity contribution in [3.63, 3.8) is 0 Å². The summed E-state index contributed by atoms with van der Waals surface area (Å²) in [6.45, 7) is 6.14. The van der Waals surface area contributed by atoms with Gasteiger partial charge in [0.15, 0.2) is 17.2 Å². The lowest BCUT2D eigenvalue weighted by Gasteiger charge is -2.07. The fourth-order valence-corrected chi connectivity index (χ4v) is 3.13. The third-order valence-electron chi connectivity index (χ3n) is 4.92. The van der Waals surface area contributed by atoms with Crippen molar-refractivity contribution < 1.29 is 9.55 Å². The van der Waals surface area contributed by atoms with Crippen LogP contribution in [0.5, 0.6) is 0 Å². The normalized spacial score (nSPS) is 10.9. The summed E-state index contributed by atoms with van der Waals surface area (Å²) in [7, 11) is 1.85. The number of carbonyl (C=O) groups excluding carboxylic acids is 1. The van der Waals surface area contributed by atoms with Gasteiger partial charge in [-0.05, 0) is 31.7 Å². The van der Waals surface area contributed by atoms with Crippen LogP contribution in [0.1, 0.15) is 41.2 Å². The molecule has 0 unspecified atom stereocenters. The molecule has 0 bridgehead atoms. The number of amidine groups is 1. The molecule has 31 heavy (non-hydrogen) atoms. The second-order valence-corrected chi connectivity index (χ2v) is 7.63. The highest BCUT2D eigenvalue weighted by atomic mass is 16.3. The van der Waals surface area contributed by atoms with Crippen molar-refractivity contribution in [2.45, 2.75) is 27.3 Å². The van der Waals surface area contributed by atoms with E-state index in [0.29, 0.717) is 33.9 Å². The number of rotatable bonds is 7. The Balaban J connectivity index is 1.87. The van der Waals surface area contributed by atoms with E-state index in [-0.39, 0.29) is 23.2 Å². The summed E-state index contributed by atoms with van der Waals surface area (Å²) >= 11 is 0. The molecule has 3 rings (SSSR count). The summed E-state index contributed by atoms with van der Waals surface area (Å²) in [4.78, 5) is 33.8. The van der Waals surface area contributed by atoms with Crippen LogP contribution in [0, 0.1) is 23.2 Å². The van der Waals surface area contributed by atoms with E-state index in [0.717, 1.165) is 11.1 Å². The molecular formula is C24H26N5O2+. The van der Waals surface area contributed by atoms with Crippen molar-refractivity contribution in [1.29, 1.82) is 5.41 Å². The fraction of sp³-hybridized carbons (Fsp3) is 0.250. The van der Waals surface area contributed by atoms with Gasteiger partial charge in [-0.25, -0.2) is 4.98 Å². The number of Topliss-reactive ketones (excluding diaryl/α,β-unsaturated/α-hetero) is 1. The quantitative estimate of drug-likeness (QED) is 0.257. The van der Waals surface area contributed by atoms with Crippen molar-refractivity contribution in [3.8, 4) is 11.3 Å².